The fraction of sp³-hybridized carbons (Fsp3) is 0.769. The molecule has 0 bridgehead atoms. The van der Waals surface area contributed by atoms with Crippen molar-refractivity contribution in [2.75, 3.05) is 27.2 Å². The van der Waals surface area contributed by atoms with E-state index in [1.165, 1.54) is 4.88 Å². The molecule has 1 aromatic rings. The fourth-order valence-electron chi connectivity index (χ4n) is 2.83. The Morgan fingerprint density at radius 2 is 2.39 bits per heavy atom. The van der Waals surface area contributed by atoms with E-state index in [-0.39, 0.29) is 5.54 Å². The zero-order chi connectivity index (χ0) is 13.3. The highest BCUT2D eigenvalue weighted by molar-refractivity contribution is 7.09. The van der Waals surface area contributed by atoms with Crippen molar-refractivity contribution in [2.45, 2.75) is 38.4 Å². The SMILES string of the molecule is Cc1ncsc1CN(C)C1(CN)CC(C)N(C)C1. The molecule has 5 heteroatoms. The highest BCUT2D eigenvalue weighted by Gasteiger charge is 2.42. The van der Waals surface area contributed by atoms with E-state index in [9.17, 15) is 0 Å². The van der Waals surface area contributed by atoms with Crippen LogP contribution in [0.3, 0.4) is 0 Å². The van der Waals surface area contributed by atoms with Gasteiger partial charge >= 0.3 is 0 Å². The summed E-state index contributed by atoms with van der Waals surface area (Å²) in [6, 6.07) is 0.610. The molecule has 2 rings (SSSR count). The van der Waals surface area contributed by atoms with E-state index < -0.39 is 0 Å². The van der Waals surface area contributed by atoms with Crippen LogP contribution in [0.25, 0.3) is 0 Å². The highest BCUT2D eigenvalue weighted by atomic mass is 32.1. The summed E-state index contributed by atoms with van der Waals surface area (Å²) >= 11 is 1.74. The molecule has 2 atom stereocenters. The molecule has 0 aromatic carbocycles. The number of likely N-dealkylation sites (tertiary alicyclic amines) is 1. The molecule has 0 spiro atoms. The number of hydrogen-bond acceptors (Lipinski definition) is 5. The minimum atomic E-state index is 0.116. The van der Waals surface area contributed by atoms with Gasteiger partial charge in [-0.05, 0) is 34.4 Å². The summed E-state index contributed by atoms with van der Waals surface area (Å²) in [5, 5.41) is 0. The van der Waals surface area contributed by atoms with Gasteiger partial charge in [-0.2, -0.15) is 0 Å². The summed E-state index contributed by atoms with van der Waals surface area (Å²) in [4.78, 5) is 10.5. The lowest BCUT2D eigenvalue weighted by Gasteiger charge is -2.37. The predicted octanol–water partition coefficient (Wildman–Crippen LogP) is 1.30. The van der Waals surface area contributed by atoms with Crippen molar-refractivity contribution in [1.29, 1.82) is 0 Å². The van der Waals surface area contributed by atoms with Crippen molar-refractivity contribution < 1.29 is 0 Å². The van der Waals surface area contributed by atoms with Crippen LogP contribution in [-0.2, 0) is 6.54 Å². The first kappa shape index (κ1) is 13.9. The molecule has 2 unspecified atom stereocenters. The van der Waals surface area contributed by atoms with Crippen molar-refractivity contribution in [3.63, 3.8) is 0 Å². The van der Waals surface area contributed by atoms with Gasteiger partial charge in [0.2, 0.25) is 0 Å². The average molecular weight is 268 g/mol. The normalized spacial score (nSPS) is 29.3. The second kappa shape index (κ2) is 5.25. The summed E-state index contributed by atoms with van der Waals surface area (Å²) < 4.78 is 0. The molecule has 0 aliphatic carbocycles. The van der Waals surface area contributed by atoms with E-state index in [1.807, 2.05) is 5.51 Å². The third-order valence-corrected chi connectivity index (χ3v) is 5.31. The van der Waals surface area contributed by atoms with Gasteiger partial charge in [0.15, 0.2) is 0 Å². The maximum absolute atomic E-state index is 6.08. The number of aromatic nitrogens is 1. The van der Waals surface area contributed by atoms with Crippen molar-refractivity contribution >= 4 is 11.3 Å². The molecular weight excluding hydrogens is 244 g/mol. The molecule has 4 nitrogen and oxygen atoms in total. The van der Waals surface area contributed by atoms with Crippen LogP contribution in [0.15, 0.2) is 5.51 Å². The van der Waals surface area contributed by atoms with Gasteiger partial charge in [-0.15, -0.1) is 11.3 Å². The topological polar surface area (TPSA) is 45.4 Å². The molecule has 0 radical (unpaired) electrons. The largest absolute Gasteiger partial charge is 0.329 e. The lowest BCUT2D eigenvalue weighted by atomic mass is 9.94. The molecule has 2 heterocycles. The van der Waals surface area contributed by atoms with Gasteiger partial charge < -0.3 is 10.6 Å². The molecule has 1 fully saturated rings. The molecule has 0 saturated carbocycles. The summed E-state index contributed by atoms with van der Waals surface area (Å²) in [5.74, 6) is 0. The molecular formula is C13H24N4S. The van der Waals surface area contributed by atoms with Crippen LogP contribution < -0.4 is 5.73 Å². The van der Waals surface area contributed by atoms with Crippen molar-refractivity contribution in [2.24, 2.45) is 5.73 Å². The summed E-state index contributed by atoms with van der Waals surface area (Å²) in [5.41, 5.74) is 9.28. The summed E-state index contributed by atoms with van der Waals surface area (Å²) in [6.45, 7) is 7.09. The van der Waals surface area contributed by atoms with Crippen molar-refractivity contribution in [3.05, 3.63) is 16.1 Å². The molecule has 1 aromatic heterocycles. The van der Waals surface area contributed by atoms with Gasteiger partial charge in [0.1, 0.15) is 0 Å². The zero-order valence-corrected chi connectivity index (χ0v) is 12.6. The van der Waals surface area contributed by atoms with Crippen molar-refractivity contribution in [3.8, 4) is 0 Å². The predicted molar refractivity (Wildman–Crippen MR) is 76.8 cm³/mol. The van der Waals surface area contributed by atoms with Gasteiger partial charge in [0.25, 0.3) is 0 Å². The molecule has 1 aliphatic rings. The monoisotopic (exact) mass is 268 g/mol. The van der Waals surface area contributed by atoms with Crippen molar-refractivity contribution in [1.82, 2.24) is 14.8 Å². The Kier molecular flexibility index (Phi) is 4.06. The maximum Gasteiger partial charge on any atom is 0.0798 e. The van der Waals surface area contributed by atoms with E-state index in [0.29, 0.717) is 6.04 Å². The van der Waals surface area contributed by atoms with E-state index in [4.69, 9.17) is 5.73 Å². The lowest BCUT2D eigenvalue weighted by Crippen LogP contribution is -2.53. The summed E-state index contributed by atoms with van der Waals surface area (Å²) in [6.07, 6.45) is 1.15. The van der Waals surface area contributed by atoms with Crippen LogP contribution >= 0.6 is 11.3 Å². The quantitative estimate of drug-likeness (QED) is 0.894. The number of likely N-dealkylation sites (N-methyl/N-ethyl adjacent to an activating group) is 2. The van der Waals surface area contributed by atoms with Crippen LogP contribution in [-0.4, -0.2) is 53.5 Å². The Labute approximate surface area is 114 Å². The maximum atomic E-state index is 6.08. The minimum absolute atomic E-state index is 0.116. The van der Waals surface area contributed by atoms with Crippen LogP contribution in [0, 0.1) is 6.92 Å². The Morgan fingerprint density at radius 1 is 1.67 bits per heavy atom. The fourth-order valence-corrected chi connectivity index (χ4v) is 3.66. The number of thiazole rings is 1. The zero-order valence-electron chi connectivity index (χ0n) is 11.8. The number of hydrogen-bond donors (Lipinski definition) is 1. The molecule has 2 N–H and O–H groups in total. The standard InChI is InChI=1S/C13H24N4S/c1-10-5-13(7-14,8-16(10)3)17(4)6-12-11(2)15-9-18-12/h9-10H,5-8,14H2,1-4H3. The molecule has 18 heavy (non-hydrogen) atoms. The molecule has 0 amide bonds. The minimum Gasteiger partial charge on any atom is -0.329 e. The van der Waals surface area contributed by atoms with Gasteiger partial charge in [-0.1, -0.05) is 0 Å². The Bertz CT molecular complexity index is 393. The number of rotatable bonds is 4. The second-order valence-electron chi connectivity index (χ2n) is 5.61. The van der Waals surface area contributed by atoms with Crippen LogP contribution in [0.1, 0.15) is 23.9 Å². The van der Waals surface area contributed by atoms with E-state index in [1.54, 1.807) is 11.3 Å². The smallest absolute Gasteiger partial charge is 0.0798 e. The first-order valence-corrected chi connectivity index (χ1v) is 7.37. The van der Waals surface area contributed by atoms with E-state index >= 15 is 0 Å². The van der Waals surface area contributed by atoms with Gasteiger partial charge in [0, 0.05) is 36.1 Å². The number of nitrogens with two attached hydrogens (primary N) is 1. The molecule has 1 saturated heterocycles. The Hall–Kier alpha value is -0.490. The Balaban J connectivity index is 2.11. The van der Waals surface area contributed by atoms with Gasteiger partial charge in [0.05, 0.1) is 11.2 Å². The number of aryl methyl sites for hydroxylation is 1. The van der Waals surface area contributed by atoms with Gasteiger partial charge in [-0.25, -0.2) is 4.98 Å². The first-order chi connectivity index (χ1) is 8.48. The van der Waals surface area contributed by atoms with Crippen LogP contribution in [0.4, 0.5) is 0 Å². The number of nitrogens with zero attached hydrogens (tertiary/aromatic N) is 3. The highest BCUT2D eigenvalue weighted by Crippen LogP contribution is 2.31. The van der Waals surface area contributed by atoms with E-state index in [0.717, 1.165) is 31.7 Å². The second-order valence-corrected chi connectivity index (χ2v) is 6.55. The Morgan fingerprint density at radius 3 is 2.83 bits per heavy atom. The van der Waals surface area contributed by atoms with Gasteiger partial charge in [-0.3, -0.25) is 4.90 Å². The molecule has 102 valence electrons. The molecule has 1 aliphatic heterocycles. The average Bonchev–Trinajstić information content (AvgIpc) is 2.86. The van der Waals surface area contributed by atoms with E-state index in [2.05, 4.69) is 42.7 Å². The van der Waals surface area contributed by atoms with Crippen LogP contribution in [0.2, 0.25) is 0 Å². The third kappa shape index (κ3) is 2.45. The lowest BCUT2D eigenvalue weighted by molar-refractivity contribution is 0.127. The third-order valence-electron chi connectivity index (χ3n) is 4.39. The van der Waals surface area contributed by atoms with Crippen LogP contribution in [0.5, 0.6) is 0 Å². The first-order valence-electron chi connectivity index (χ1n) is 6.49. The summed E-state index contributed by atoms with van der Waals surface area (Å²) in [7, 11) is 4.38.